The lowest BCUT2D eigenvalue weighted by Crippen LogP contribution is -2.12. The largest absolute Gasteiger partial charge is 0.255 e. The van der Waals surface area contributed by atoms with Crippen molar-refractivity contribution in [3.8, 4) is 11.3 Å². The first-order valence-corrected chi connectivity index (χ1v) is 14.0. The molecule has 34 heavy (non-hydrogen) atoms. The van der Waals surface area contributed by atoms with Gasteiger partial charge in [0, 0.05) is 37.4 Å². The summed E-state index contributed by atoms with van der Waals surface area (Å²) in [6, 6.07) is 20.4. The molecule has 1 aliphatic rings. The fraction of sp³-hybridized carbons (Fsp3) is 0.323. The van der Waals surface area contributed by atoms with Crippen LogP contribution in [-0.4, -0.2) is 10.2 Å². The fourth-order valence-corrected chi connectivity index (χ4v) is 8.34. The molecule has 0 N–H and O–H groups in total. The Morgan fingerprint density at radius 3 is 2.62 bits per heavy atom. The van der Waals surface area contributed by atoms with Crippen LogP contribution in [0.2, 0.25) is 0 Å². The predicted molar refractivity (Wildman–Crippen MR) is 152 cm³/mol. The van der Waals surface area contributed by atoms with E-state index in [1.807, 2.05) is 17.5 Å². The lowest BCUT2D eigenvalue weighted by molar-refractivity contribution is 0.570. The Morgan fingerprint density at radius 1 is 1.00 bits per heavy atom. The molecule has 3 heteroatoms. The number of thioether (sulfide) groups is 1. The molecule has 1 nitrogen and oxygen atoms in total. The van der Waals surface area contributed by atoms with Crippen LogP contribution in [0.1, 0.15) is 52.2 Å². The minimum absolute atomic E-state index is 0.0626. The third kappa shape index (κ3) is 3.65. The van der Waals surface area contributed by atoms with Crippen molar-refractivity contribution in [3.63, 3.8) is 0 Å². The maximum atomic E-state index is 4.96. The second-order valence-corrected chi connectivity index (χ2v) is 13.5. The smallest absolute Gasteiger partial charge is 0.0880 e. The molecular formula is C31H31NS2. The zero-order valence-electron chi connectivity index (χ0n) is 20.6. The maximum absolute atomic E-state index is 4.96. The standard InChI is InChI=1S/C31H31NS2/c1-18(2)14-21-17-24-26(33-21)10-11-27-28(24)23-12-13-32-29(30(23)34-27)20-15-19-8-6-7-9-22(19)25(16-20)31(3,4)5/h6-13,15-16,18,21H,14,17H2,1-5H3. The zero-order chi connectivity index (χ0) is 23.6. The van der Waals surface area contributed by atoms with E-state index in [1.165, 1.54) is 59.8 Å². The molecule has 1 aliphatic heterocycles. The molecule has 0 saturated heterocycles. The first kappa shape index (κ1) is 22.1. The van der Waals surface area contributed by atoms with Gasteiger partial charge in [-0.2, -0.15) is 0 Å². The van der Waals surface area contributed by atoms with Gasteiger partial charge in [0.1, 0.15) is 0 Å². The van der Waals surface area contributed by atoms with Gasteiger partial charge in [-0.3, -0.25) is 4.98 Å². The highest BCUT2D eigenvalue weighted by Crippen LogP contribution is 2.48. The van der Waals surface area contributed by atoms with Gasteiger partial charge in [-0.05, 0) is 76.4 Å². The second kappa shape index (κ2) is 8.10. The third-order valence-corrected chi connectivity index (χ3v) is 9.53. The van der Waals surface area contributed by atoms with Crippen LogP contribution in [0.15, 0.2) is 65.7 Å². The first-order valence-electron chi connectivity index (χ1n) is 12.3. The number of hydrogen-bond acceptors (Lipinski definition) is 3. The number of hydrogen-bond donors (Lipinski definition) is 0. The number of benzene rings is 3. The van der Waals surface area contributed by atoms with Gasteiger partial charge in [-0.1, -0.05) is 58.9 Å². The zero-order valence-corrected chi connectivity index (χ0v) is 22.2. The lowest BCUT2D eigenvalue weighted by Gasteiger charge is -2.22. The van der Waals surface area contributed by atoms with E-state index < -0.39 is 0 Å². The molecule has 0 radical (unpaired) electrons. The van der Waals surface area contributed by atoms with Crippen molar-refractivity contribution in [2.45, 2.75) is 63.0 Å². The van der Waals surface area contributed by atoms with Gasteiger partial charge in [-0.25, -0.2) is 0 Å². The van der Waals surface area contributed by atoms with Crippen molar-refractivity contribution >= 4 is 54.0 Å². The summed E-state index contributed by atoms with van der Waals surface area (Å²) in [5.41, 5.74) is 5.35. The van der Waals surface area contributed by atoms with E-state index in [0.29, 0.717) is 5.25 Å². The van der Waals surface area contributed by atoms with Crippen molar-refractivity contribution < 1.29 is 0 Å². The monoisotopic (exact) mass is 481 g/mol. The lowest BCUT2D eigenvalue weighted by atomic mass is 9.82. The summed E-state index contributed by atoms with van der Waals surface area (Å²) in [6.07, 6.45) is 4.48. The molecule has 0 saturated carbocycles. The van der Waals surface area contributed by atoms with Gasteiger partial charge in [0.15, 0.2) is 0 Å². The highest BCUT2D eigenvalue weighted by Gasteiger charge is 2.27. The molecule has 5 aromatic rings. The van der Waals surface area contributed by atoms with Gasteiger partial charge in [0.25, 0.3) is 0 Å². The van der Waals surface area contributed by atoms with Crippen LogP contribution in [0.5, 0.6) is 0 Å². The molecule has 0 bridgehead atoms. The predicted octanol–water partition coefficient (Wildman–Crippen LogP) is 9.63. The molecule has 1 atom stereocenters. The van der Waals surface area contributed by atoms with Crippen LogP contribution in [0.3, 0.4) is 0 Å². The summed E-state index contributed by atoms with van der Waals surface area (Å²) >= 11 is 4.00. The number of nitrogens with zero attached hydrogens (tertiary/aromatic N) is 1. The summed E-state index contributed by atoms with van der Waals surface area (Å²) < 4.78 is 2.71. The Hall–Kier alpha value is -2.36. The van der Waals surface area contributed by atoms with Crippen molar-refractivity contribution in [3.05, 3.63) is 71.9 Å². The average Bonchev–Trinajstić information content (AvgIpc) is 3.37. The minimum atomic E-state index is 0.0626. The van der Waals surface area contributed by atoms with E-state index in [-0.39, 0.29) is 5.41 Å². The number of thiophene rings is 1. The molecule has 0 fully saturated rings. The Kier molecular flexibility index (Phi) is 5.27. The van der Waals surface area contributed by atoms with Crippen molar-refractivity contribution in [1.82, 2.24) is 4.98 Å². The van der Waals surface area contributed by atoms with Crippen LogP contribution >= 0.6 is 23.1 Å². The van der Waals surface area contributed by atoms with Crippen molar-refractivity contribution in [1.29, 1.82) is 0 Å². The Labute approximate surface area is 210 Å². The summed E-state index contributed by atoms with van der Waals surface area (Å²) in [4.78, 5) is 6.44. The van der Waals surface area contributed by atoms with E-state index in [9.17, 15) is 0 Å². The number of pyridine rings is 1. The molecule has 6 rings (SSSR count). The van der Waals surface area contributed by atoms with Crippen LogP contribution in [0.25, 0.3) is 42.2 Å². The normalized spacial score (nSPS) is 16.2. The number of aromatic nitrogens is 1. The topological polar surface area (TPSA) is 12.9 Å². The highest BCUT2D eigenvalue weighted by molar-refractivity contribution is 8.00. The molecule has 3 heterocycles. The molecule has 0 spiro atoms. The minimum Gasteiger partial charge on any atom is -0.255 e. The molecule has 2 aromatic heterocycles. The first-order chi connectivity index (χ1) is 16.3. The van der Waals surface area contributed by atoms with E-state index in [2.05, 4.69) is 101 Å². The Morgan fingerprint density at radius 2 is 1.82 bits per heavy atom. The Bertz CT molecular complexity index is 1550. The van der Waals surface area contributed by atoms with Crippen LogP contribution < -0.4 is 0 Å². The SMILES string of the molecule is CC(C)CC1Cc2c(ccc3sc4c(-c5cc(C(C)(C)C)c6ccccc6c5)nccc4c23)S1. The van der Waals surface area contributed by atoms with Crippen LogP contribution in [0, 0.1) is 5.92 Å². The van der Waals surface area contributed by atoms with E-state index in [4.69, 9.17) is 4.98 Å². The van der Waals surface area contributed by atoms with Crippen molar-refractivity contribution in [2.75, 3.05) is 0 Å². The molecule has 172 valence electrons. The Balaban J connectivity index is 1.57. The molecule has 3 aromatic carbocycles. The highest BCUT2D eigenvalue weighted by atomic mass is 32.2. The quantitative estimate of drug-likeness (QED) is 0.254. The molecule has 0 amide bonds. The van der Waals surface area contributed by atoms with Gasteiger partial charge < -0.3 is 0 Å². The van der Waals surface area contributed by atoms with E-state index >= 15 is 0 Å². The van der Waals surface area contributed by atoms with E-state index in [0.717, 1.165) is 11.6 Å². The summed E-state index contributed by atoms with van der Waals surface area (Å²) in [5, 5.41) is 6.17. The summed E-state index contributed by atoms with van der Waals surface area (Å²) in [7, 11) is 0. The molecule has 1 unspecified atom stereocenters. The summed E-state index contributed by atoms with van der Waals surface area (Å²) in [6.45, 7) is 11.6. The van der Waals surface area contributed by atoms with Gasteiger partial charge in [0.2, 0.25) is 0 Å². The van der Waals surface area contributed by atoms with Gasteiger partial charge in [-0.15, -0.1) is 23.1 Å². The third-order valence-electron chi connectivity index (χ3n) is 7.02. The van der Waals surface area contributed by atoms with Gasteiger partial charge in [0.05, 0.1) is 10.4 Å². The van der Waals surface area contributed by atoms with Crippen LogP contribution in [-0.2, 0) is 11.8 Å². The summed E-state index contributed by atoms with van der Waals surface area (Å²) in [5.74, 6) is 0.738. The number of fused-ring (bicyclic) bond motifs is 6. The average molecular weight is 482 g/mol. The van der Waals surface area contributed by atoms with Crippen molar-refractivity contribution in [2.24, 2.45) is 5.92 Å². The second-order valence-electron chi connectivity index (χ2n) is 11.1. The van der Waals surface area contributed by atoms with E-state index in [1.54, 1.807) is 5.56 Å². The number of rotatable bonds is 3. The maximum Gasteiger partial charge on any atom is 0.0880 e. The van der Waals surface area contributed by atoms with Crippen LogP contribution in [0.4, 0.5) is 0 Å². The molecular weight excluding hydrogens is 450 g/mol. The fourth-order valence-electron chi connectivity index (χ4n) is 5.54. The molecule has 0 aliphatic carbocycles. The van der Waals surface area contributed by atoms with Gasteiger partial charge >= 0.3 is 0 Å².